The summed E-state index contributed by atoms with van der Waals surface area (Å²) in [4.78, 5) is 13.9. The van der Waals surface area contributed by atoms with Gasteiger partial charge in [-0.2, -0.15) is 0 Å². The van der Waals surface area contributed by atoms with E-state index >= 15 is 0 Å². The smallest absolute Gasteiger partial charge is 0.410 e. The van der Waals surface area contributed by atoms with E-state index in [9.17, 15) is 9.90 Å². The first kappa shape index (κ1) is 16.0. The number of aliphatic hydroxyl groups excluding tert-OH is 1. The lowest BCUT2D eigenvalue weighted by Crippen LogP contribution is -2.55. The maximum Gasteiger partial charge on any atom is 0.410 e. The van der Waals surface area contributed by atoms with E-state index in [-0.39, 0.29) is 17.6 Å². The number of carbonyl (C=O) groups excluding carboxylic acids is 1. The molecule has 4 nitrogen and oxygen atoms in total. The van der Waals surface area contributed by atoms with Gasteiger partial charge in [-0.05, 0) is 39.0 Å². The van der Waals surface area contributed by atoms with Crippen molar-refractivity contribution in [2.75, 3.05) is 6.54 Å². The standard InChI is InChI=1S/C15H27NO3/c1-7-12(17)11-8-9-15(5,6)10-16(11)13(18)19-14(2,3)4/h7,11-12,17H,1,8-10H2,2-6H3. The van der Waals surface area contributed by atoms with Crippen LogP contribution in [-0.4, -0.2) is 40.4 Å². The lowest BCUT2D eigenvalue weighted by molar-refractivity contribution is -0.0280. The van der Waals surface area contributed by atoms with Crippen LogP contribution in [0.3, 0.4) is 0 Å². The number of hydrogen-bond acceptors (Lipinski definition) is 3. The number of aliphatic hydroxyl groups is 1. The number of likely N-dealkylation sites (tertiary alicyclic amines) is 1. The summed E-state index contributed by atoms with van der Waals surface area (Å²) in [6, 6.07) is -0.236. The van der Waals surface area contributed by atoms with Gasteiger partial charge in [-0.25, -0.2) is 4.79 Å². The minimum Gasteiger partial charge on any atom is -0.444 e. The molecule has 0 aromatic rings. The molecule has 1 aliphatic rings. The number of nitrogens with zero attached hydrogens (tertiary/aromatic N) is 1. The summed E-state index contributed by atoms with van der Waals surface area (Å²) in [5.41, 5.74) is -0.476. The maximum absolute atomic E-state index is 12.3. The summed E-state index contributed by atoms with van der Waals surface area (Å²) in [6.07, 6.45) is 2.16. The predicted molar refractivity (Wildman–Crippen MR) is 75.9 cm³/mol. The number of hydrogen-bond donors (Lipinski definition) is 1. The van der Waals surface area contributed by atoms with E-state index in [1.54, 1.807) is 4.90 Å². The third-order valence-electron chi connectivity index (χ3n) is 3.38. The van der Waals surface area contributed by atoms with Gasteiger partial charge in [-0.1, -0.05) is 19.9 Å². The zero-order valence-electron chi connectivity index (χ0n) is 12.8. The van der Waals surface area contributed by atoms with Crippen molar-refractivity contribution in [3.05, 3.63) is 12.7 Å². The molecule has 1 rings (SSSR count). The molecule has 0 radical (unpaired) electrons. The Balaban J connectivity index is 2.88. The van der Waals surface area contributed by atoms with Crippen LogP contribution < -0.4 is 0 Å². The van der Waals surface area contributed by atoms with Crippen molar-refractivity contribution in [3.63, 3.8) is 0 Å². The first-order valence-electron chi connectivity index (χ1n) is 6.86. The van der Waals surface area contributed by atoms with E-state index < -0.39 is 11.7 Å². The summed E-state index contributed by atoms with van der Waals surface area (Å²) in [6.45, 7) is 14.0. The SMILES string of the molecule is C=CC(O)C1CCC(C)(C)CN1C(=O)OC(C)(C)C. The molecule has 1 aliphatic heterocycles. The summed E-state index contributed by atoms with van der Waals surface area (Å²) in [7, 11) is 0. The summed E-state index contributed by atoms with van der Waals surface area (Å²) >= 11 is 0. The number of ether oxygens (including phenoxy) is 1. The molecule has 2 unspecified atom stereocenters. The molecule has 0 aromatic heterocycles. The van der Waals surface area contributed by atoms with Crippen LogP contribution >= 0.6 is 0 Å². The second-order valence-electron chi connectivity index (χ2n) is 7.10. The molecule has 0 spiro atoms. The zero-order valence-corrected chi connectivity index (χ0v) is 12.8. The van der Waals surface area contributed by atoms with E-state index in [2.05, 4.69) is 20.4 Å². The lowest BCUT2D eigenvalue weighted by atomic mass is 9.80. The monoisotopic (exact) mass is 269 g/mol. The largest absolute Gasteiger partial charge is 0.444 e. The second-order valence-corrected chi connectivity index (χ2v) is 7.10. The van der Waals surface area contributed by atoms with Crippen molar-refractivity contribution in [1.82, 2.24) is 4.90 Å². The van der Waals surface area contributed by atoms with Gasteiger partial charge in [-0.3, -0.25) is 0 Å². The highest BCUT2D eigenvalue weighted by Crippen LogP contribution is 2.34. The number of carbonyl (C=O) groups is 1. The van der Waals surface area contributed by atoms with Crippen LogP contribution in [0.15, 0.2) is 12.7 Å². The van der Waals surface area contributed by atoms with Gasteiger partial charge in [-0.15, -0.1) is 6.58 Å². The van der Waals surface area contributed by atoms with Crippen LogP contribution in [0.4, 0.5) is 4.79 Å². The molecule has 1 amide bonds. The van der Waals surface area contributed by atoms with Gasteiger partial charge in [0.2, 0.25) is 0 Å². The fourth-order valence-electron chi connectivity index (χ4n) is 2.38. The summed E-state index contributed by atoms with van der Waals surface area (Å²) in [5, 5.41) is 10.0. The highest BCUT2D eigenvalue weighted by molar-refractivity contribution is 5.69. The van der Waals surface area contributed by atoms with Crippen LogP contribution in [0, 0.1) is 5.41 Å². The van der Waals surface area contributed by atoms with Gasteiger partial charge in [0, 0.05) is 6.54 Å². The molecule has 1 saturated heterocycles. The molecule has 0 saturated carbocycles. The number of piperidine rings is 1. The summed E-state index contributed by atoms with van der Waals surface area (Å²) < 4.78 is 5.44. The Morgan fingerprint density at radius 3 is 2.58 bits per heavy atom. The van der Waals surface area contributed by atoms with E-state index in [4.69, 9.17) is 4.74 Å². The van der Waals surface area contributed by atoms with Crippen molar-refractivity contribution in [3.8, 4) is 0 Å². The van der Waals surface area contributed by atoms with Gasteiger partial charge < -0.3 is 14.7 Å². The third kappa shape index (κ3) is 4.53. The third-order valence-corrected chi connectivity index (χ3v) is 3.38. The Bertz CT molecular complexity index is 344. The van der Waals surface area contributed by atoms with Gasteiger partial charge in [0.15, 0.2) is 0 Å². The van der Waals surface area contributed by atoms with Crippen molar-refractivity contribution < 1.29 is 14.6 Å². The number of rotatable bonds is 2. The molecule has 4 heteroatoms. The first-order valence-corrected chi connectivity index (χ1v) is 6.86. The minimum atomic E-state index is -0.705. The Kier molecular flexibility index (Phi) is 4.67. The van der Waals surface area contributed by atoms with Gasteiger partial charge >= 0.3 is 6.09 Å². The fourth-order valence-corrected chi connectivity index (χ4v) is 2.38. The average molecular weight is 269 g/mol. The molecule has 2 atom stereocenters. The topological polar surface area (TPSA) is 49.8 Å². The van der Waals surface area contributed by atoms with Crippen LogP contribution in [0.5, 0.6) is 0 Å². The van der Waals surface area contributed by atoms with Crippen LogP contribution in [-0.2, 0) is 4.74 Å². The number of amides is 1. The van der Waals surface area contributed by atoms with E-state index in [1.807, 2.05) is 20.8 Å². The molecular weight excluding hydrogens is 242 g/mol. The van der Waals surface area contributed by atoms with E-state index in [0.717, 1.165) is 12.8 Å². The van der Waals surface area contributed by atoms with Crippen molar-refractivity contribution in [2.45, 2.75) is 65.2 Å². The summed E-state index contributed by atoms with van der Waals surface area (Å²) in [5.74, 6) is 0. The van der Waals surface area contributed by atoms with Crippen LogP contribution in [0.25, 0.3) is 0 Å². The molecule has 0 aliphatic carbocycles. The highest BCUT2D eigenvalue weighted by Gasteiger charge is 2.39. The Morgan fingerprint density at radius 1 is 1.53 bits per heavy atom. The molecule has 0 bridgehead atoms. The molecule has 1 fully saturated rings. The minimum absolute atomic E-state index is 0.0499. The molecule has 1 heterocycles. The van der Waals surface area contributed by atoms with E-state index in [1.165, 1.54) is 6.08 Å². The fraction of sp³-hybridized carbons (Fsp3) is 0.800. The molecule has 110 valence electrons. The Labute approximate surface area is 116 Å². The highest BCUT2D eigenvalue weighted by atomic mass is 16.6. The normalized spacial score (nSPS) is 24.7. The zero-order chi connectivity index (χ0) is 14.8. The lowest BCUT2D eigenvalue weighted by Gasteiger charge is -2.44. The molecule has 1 N–H and O–H groups in total. The van der Waals surface area contributed by atoms with Crippen molar-refractivity contribution in [1.29, 1.82) is 0 Å². The molecule has 19 heavy (non-hydrogen) atoms. The van der Waals surface area contributed by atoms with Crippen LogP contribution in [0.1, 0.15) is 47.5 Å². The predicted octanol–water partition coefficient (Wildman–Crippen LogP) is 2.96. The van der Waals surface area contributed by atoms with Gasteiger partial charge in [0.05, 0.1) is 12.1 Å². The van der Waals surface area contributed by atoms with Crippen molar-refractivity contribution >= 4 is 6.09 Å². The molecular formula is C15H27NO3. The van der Waals surface area contributed by atoms with Gasteiger partial charge in [0.1, 0.15) is 5.60 Å². The van der Waals surface area contributed by atoms with E-state index in [0.29, 0.717) is 6.54 Å². The van der Waals surface area contributed by atoms with Gasteiger partial charge in [0.25, 0.3) is 0 Å². The quantitative estimate of drug-likeness (QED) is 0.784. The Morgan fingerprint density at radius 2 is 2.11 bits per heavy atom. The van der Waals surface area contributed by atoms with Crippen molar-refractivity contribution in [2.24, 2.45) is 5.41 Å². The Hall–Kier alpha value is -1.03. The molecule has 0 aromatic carbocycles. The maximum atomic E-state index is 12.3. The first-order chi connectivity index (χ1) is 8.56. The average Bonchev–Trinajstić information content (AvgIpc) is 2.24. The van der Waals surface area contributed by atoms with Crippen LogP contribution in [0.2, 0.25) is 0 Å². The second kappa shape index (κ2) is 5.53.